The third-order valence-corrected chi connectivity index (χ3v) is 4.30. The van der Waals surface area contributed by atoms with Gasteiger partial charge in [0.05, 0.1) is 18.9 Å². The molecule has 2 amide bonds. The van der Waals surface area contributed by atoms with Crippen LogP contribution in [0.4, 0.5) is 0 Å². The molecule has 0 heterocycles. The highest BCUT2D eigenvalue weighted by atomic mass is 16.6. The highest BCUT2D eigenvalue weighted by molar-refractivity contribution is 5.82. The maximum Gasteiger partial charge on any atom is 0.307 e. The van der Waals surface area contributed by atoms with Crippen molar-refractivity contribution < 1.29 is 28.7 Å². The van der Waals surface area contributed by atoms with E-state index < -0.39 is 18.0 Å². The molecule has 11 nitrogen and oxygen atoms in total. The summed E-state index contributed by atoms with van der Waals surface area (Å²) in [5.74, 6) is -1.44. The van der Waals surface area contributed by atoms with Gasteiger partial charge in [-0.3, -0.25) is 19.2 Å². The second-order valence-corrected chi connectivity index (χ2v) is 7.07. The molecule has 0 rings (SSSR count). The molecule has 0 radical (unpaired) electrons. The predicted octanol–water partition coefficient (Wildman–Crippen LogP) is -0.939. The van der Waals surface area contributed by atoms with Gasteiger partial charge in [0.15, 0.2) is 0 Å². The zero-order valence-corrected chi connectivity index (χ0v) is 18.4. The lowest BCUT2D eigenvalue weighted by Crippen LogP contribution is -2.41. The lowest BCUT2D eigenvalue weighted by atomic mass is 10.1. The maximum absolute atomic E-state index is 11.8. The van der Waals surface area contributed by atoms with E-state index in [2.05, 4.69) is 10.6 Å². The van der Waals surface area contributed by atoms with Crippen LogP contribution in [0.1, 0.15) is 57.8 Å². The molecule has 0 aromatic heterocycles. The van der Waals surface area contributed by atoms with E-state index in [4.69, 9.17) is 26.7 Å². The summed E-state index contributed by atoms with van der Waals surface area (Å²) >= 11 is 0. The van der Waals surface area contributed by atoms with Crippen LogP contribution in [0.2, 0.25) is 0 Å². The van der Waals surface area contributed by atoms with Crippen LogP contribution in [-0.2, 0) is 28.7 Å². The highest BCUT2D eigenvalue weighted by Gasteiger charge is 2.13. The number of nitrogens with two attached hydrogens (primary N) is 3. The average Bonchev–Trinajstić information content (AvgIpc) is 2.74. The lowest BCUT2D eigenvalue weighted by molar-refractivity contribution is -0.152. The average molecular weight is 446 g/mol. The van der Waals surface area contributed by atoms with Crippen molar-refractivity contribution in [3.8, 4) is 0 Å². The molecule has 0 aromatic carbocycles. The Morgan fingerprint density at radius 1 is 0.710 bits per heavy atom. The van der Waals surface area contributed by atoms with E-state index in [1.807, 2.05) is 0 Å². The molecule has 0 saturated carbocycles. The van der Waals surface area contributed by atoms with Crippen molar-refractivity contribution in [1.29, 1.82) is 0 Å². The SMILES string of the molecule is NCCCCCC(=O)NCCC(=O)OCCOC(=O)CCNC(=O)C(N)CCCCN. The summed E-state index contributed by atoms with van der Waals surface area (Å²) in [5, 5.41) is 5.23. The minimum absolute atomic E-state index is 0.00742. The van der Waals surface area contributed by atoms with Crippen molar-refractivity contribution in [2.75, 3.05) is 39.4 Å². The lowest BCUT2D eigenvalue weighted by Gasteiger charge is -2.12. The molecule has 1 unspecified atom stereocenters. The van der Waals surface area contributed by atoms with Crippen molar-refractivity contribution >= 4 is 23.8 Å². The Bertz CT molecular complexity index is 532. The van der Waals surface area contributed by atoms with Gasteiger partial charge < -0.3 is 37.3 Å². The number of unbranched alkanes of at least 4 members (excludes halogenated alkanes) is 3. The molecule has 180 valence electrons. The Morgan fingerprint density at radius 2 is 1.26 bits per heavy atom. The summed E-state index contributed by atoms with van der Waals surface area (Å²) < 4.78 is 9.86. The van der Waals surface area contributed by atoms with Crippen LogP contribution in [0.25, 0.3) is 0 Å². The van der Waals surface area contributed by atoms with Crippen molar-refractivity contribution in [2.24, 2.45) is 17.2 Å². The number of esters is 2. The minimum Gasteiger partial charge on any atom is -0.462 e. The summed E-state index contributed by atoms with van der Waals surface area (Å²) in [6.07, 6.45) is 5.12. The maximum atomic E-state index is 11.8. The quantitative estimate of drug-likeness (QED) is 0.123. The van der Waals surface area contributed by atoms with Gasteiger partial charge in [-0.25, -0.2) is 0 Å². The first kappa shape index (κ1) is 28.8. The van der Waals surface area contributed by atoms with Gasteiger partial charge in [0.2, 0.25) is 11.8 Å². The van der Waals surface area contributed by atoms with Crippen molar-refractivity contribution in [3.63, 3.8) is 0 Å². The van der Waals surface area contributed by atoms with Crippen LogP contribution in [0.15, 0.2) is 0 Å². The van der Waals surface area contributed by atoms with E-state index in [1.54, 1.807) is 0 Å². The van der Waals surface area contributed by atoms with Gasteiger partial charge in [0.1, 0.15) is 13.2 Å². The fourth-order valence-corrected chi connectivity index (χ4v) is 2.51. The van der Waals surface area contributed by atoms with Gasteiger partial charge >= 0.3 is 11.9 Å². The first-order valence-electron chi connectivity index (χ1n) is 10.9. The number of carbonyl (C=O) groups excluding carboxylic acids is 4. The standard InChI is InChI=1S/C20H39N5O6/c21-10-4-1-2-7-17(26)24-12-8-18(27)30-14-15-31-19(28)9-13-25-20(29)16(23)6-3-5-11-22/h16H,1-15,21-23H2,(H,24,26)(H,25,29). The summed E-state index contributed by atoms with van der Waals surface area (Å²) in [7, 11) is 0. The van der Waals surface area contributed by atoms with Crippen molar-refractivity contribution in [2.45, 2.75) is 63.8 Å². The molecule has 0 spiro atoms. The van der Waals surface area contributed by atoms with Crippen LogP contribution in [0.3, 0.4) is 0 Å². The summed E-state index contributed by atoms with van der Waals surface area (Å²) in [5.41, 5.74) is 16.5. The molecule has 0 fully saturated rings. The van der Waals surface area contributed by atoms with E-state index in [0.717, 1.165) is 32.1 Å². The normalized spacial score (nSPS) is 11.5. The molecule has 0 bridgehead atoms. The number of carbonyl (C=O) groups is 4. The third-order valence-electron chi connectivity index (χ3n) is 4.30. The Labute approximate surface area is 184 Å². The summed E-state index contributed by atoms with van der Waals surface area (Å²) in [6.45, 7) is 1.34. The molecular weight excluding hydrogens is 406 g/mol. The molecule has 8 N–H and O–H groups in total. The van der Waals surface area contributed by atoms with Gasteiger partial charge in [-0.15, -0.1) is 0 Å². The molecule has 31 heavy (non-hydrogen) atoms. The minimum atomic E-state index is -0.622. The van der Waals surface area contributed by atoms with Gasteiger partial charge in [0.25, 0.3) is 0 Å². The number of hydrogen-bond donors (Lipinski definition) is 5. The van der Waals surface area contributed by atoms with Crippen LogP contribution in [0.5, 0.6) is 0 Å². The fourth-order valence-electron chi connectivity index (χ4n) is 2.51. The Balaban J connectivity index is 3.64. The van der Waals surface area contributed by atoms with E-state index in [1.165, 1.54) is 0 Å². The first-order valence-corrected chi connectivity index (χ1v) is 10.9. The summed E-state index contributed by atoms with van der Waals surface area (Å²) in [4.78, 5) is 46.5. The Hall–Kier alpha value is -2.24. The van der Waals surface area contributed by atoms with Crippen LogP contribution >= 0.6 is 0 Å². The van der Waals surface area contributed by atoms with E-state index in [9.17, 15) is 19.2 Å². The largest absolute Gasteiger partial charge is 0.462 e. The topological polar surface area (TPSA) is 189 Å². The zero-order chi connectivity index (χ0) is 23.3. The molecule has 11 heteroatoms. The summed E-state index contributed by atoms with van der Waals surface area (Å²) in [6, 6.07) is -0.622. The Morgan fingerprint density at radius 3 is 1.84 bits per heavy atom. The zero-order valence-electron chi connectivity index (χ0n) is 18.4. The molecule has 0 aliphatic rings. The number of ether oxygens (including phenoxy) is 2. The predicted molar refractivity (Wildman–Crippen MR) is 116 cm³/mol. The third kappa shape index (κ3) is 18.3. The number of amides is 2. The van der Waals surface area contributed by atoms with Gasteiger partial charge in [-0.2, -0.15) is 0 Å². The van der Waals surface area contributed by atoms with E-state index in [-0.39, 0.29) is 51.0 Å². The number of hydrogen-bond acceptors (Lipinski definition) is 9. The number of nitrogens with one attached hydrogen (secondary N) is 2. The van der Waals surface area contributed by atoms with Crippen LogP contribution < -0.4 is 27.8 Å². The van der Waals surface area contributed by atoms with Gasteiger partial charge in [-0.05, 0) is 38.8 Å². The van der Waals surface area contributed by atoms with E-state index in [0.29, 0.717) is 25.9 Å². The van der Waals surface area contributed by atoms with E-state index >= 15 is 0 Å². The van der Waals surface area contributed by atoms with Crippen LogP contribution in [-0.4, -0.2) is 69.2 Å². The van der Waals surface area contributed by atoms with Crippen LogP contribution in [0, 0.1) is 0 Å². The monoisotopic (exact) mass is 445 g/mol. The van der Waals surface area contributed by atoms with Gasteiger partial charge in [-0.1, -0.05) is 12.8 Å². The molecule has 0 aliphatic carbocycles. The molecule has 1 atom stereocenters. The fraction of sp³-hybridized carbons (Fsp3) is 0.800. The number of rotatable bonds is 19. The molecule has 0 saturated heterocycles. The molecule has 0 aliphatic heterocycles. The smallest absolute Gasteiger partial charge is 0.307 e. The van der Waals surface area contributed by atoms with Crippen molar-refractivity contribution in [3.05, 3.63) is 0 Å². The highest BCUT2D eigenvalue weighted by Crippen LogP contribution is 1.99. The molecular formula is C20H39N5O6. The first-order chi connectivity index (χ1) is 14.9. The second kappa shape index (κ2) is 19.7. The Kier molecular flexibility index (Phi) is 18.3. The second-order valence-electron chi connectivity index (χ2n) is 7.07. The van der Waals surface area contributed by atoms with Crippen molar-refractivity contribution in [1.82, 2.24) is 10.6 Å². The van der Waals surface area contributed by atoms with Gasteiger partial charge in [0, 0.05) is 19.5 Å². The molecule has 0 aromatic rings.